The van der Waals surface area contributed by atoms with E-state index in [0.29, 0.717) is 5.02 Å². The molecular weight excluding hydrogens is 398 g/mol. The van der Waals surface area contributed by atoms with Crippen molar-refractivity contribution in [1.82, 2.24) is 14.9 Å². The zero-order valence-electron chi connectivity index (χ0n) is 14.6. The predicted octanol–water partition coefficient (Wildman–Crippen LogP) is 0.740. The van der Waals surface area contributed by atoms with E-state index >= 15 is 0 Å². The molecule has 1 aromatic carbocycles. The molecule has 0 aromatic heterocycles. The number of amides is 3. The molecule has 0 radical (unpaired) electrons. The lowest BCUT2D eigenvalue weighted by molar-refractivity contribution is -0.153. The van der Waals surface area contributed by atoms with Gasteiger partial charge in [0, 0.05) is 25.2 Å². The van der Waals surface area contributed by atoms with Crippen molar-refractivity contribution in [3.05, 3.63) is 29.3 Å². The van der Waals surface area contributed by atoms with Crippen LogP contribution in [0.15, 0.2) is 29.2 Å². The highest BCUT2D eigenvalue weighted by Crippen LogP contribution is 2.25. The molecule has 2 N–H and O–H groups in total. The Morgan fingerprint density at radius 1 is 1.19 bits per heavy atom. The summed E-state index contributed by atoms with van der Waals surface area (Å²) in [5, 5.41) is 4.62. The van der Waals surface area contributed by atoms with E-state index in [1.54, 1.807) is 0 Å². The smallest absolute Gasteiger partial charge is 0.321 e. The van der Waals surface area contributed by atoms with Crippen LogP contribution in [-0.2, 0) is 24.3 Å². The summed E-state index contributed by atoms with van der Waals surface area (Å²) in [5.41, 5.74) is 0. The summed E-state index contributed by atoms with van der Waals surface area (Å²) in [7, 11) is -2.31. The fraction of sp³-hybridized carbons (Fsp3) is 0.438. The molecule has 0 saturated carbocycles. The van der Waals surface area contributed by atoms with Gasteiger partial charge in [-0.25, -0.2) is 13.2 Å². The molecule has 2 rings (SSSR count). The first kappa shape index (κ1) is 21.1. The van der Waals surface area contributed by atoms with Crippen molar-refractivity contribution < 1.29 is 27.5 Å². The summed E-state index contributed by atoms with van der Waals surface area (Å²) in [6, 6.07) is 5.17. The largest absolute Gasteiger partial charge is 0.455 e. The third-order valence-electron chi connectivity index (χ3n) is 4.06. The molecule has 27 heavy (non-hydrogen) atoms. The van der Waals surface area contributed by atoms with Crippen molar-refractivity contribution in [3.8, 4) is 0 Å². The van der Waals surface area contributed by atoms with Gasteiger partial charge in [0.2, 0.25) is 10.0 Å². The summed E-state index contributed by atoms with van der Waals surface area (Å²) in [6.07, 6.45) is 0.561. The molecule has 1 saturated heterocycles. The van der Waals surface area contributed by atoms with Gasteiger partial charge in [0.1, 0.15) is 0 Å². The number of halogens is 1. The van der Waals surface area contributed by atoms with Crippen LogP contribution in [-0.4, -0.2) is 57.4 Å². The van der Waals surface area contributed by atoms with Crippen LogP contribution in [0.5, 0.6) is 0 Å². The molecule has 1 fully saturated rings. The molecule has 148 valence electrons. The van der Waals surface area contributed by atoms with Crippen LogP contribution >= 0.6 is 11.6 Å². The summed E-state index contributed by atoms with van der Waals surface area (Å²) >= 11 is 5.78. The lowest BCUT2D eigenvalue weighted by atomic mass is 9.98. The van der Waals surface area contributed by atoms with E-state index < -0.39 is 40.5 Å². The Morgan fingerprint density at radius 3 is 2.33 bits per heavy atom. The second-order valence-corrected chi connectivity index (χ2v) is 8.24. The predicted molar refractivity (Wildman–Crippen MR) is 96.5 cm³/mol. The number of nitrogens with one attached hydrogen (secondary N) is 2. The van der Waals surface area contributed by atoms with Gasteiger partial charge in [-0.05, 0) is 37.1 Å². The van der Waals surface area contributed by atoms with Crippen LogP contribution in [0.1, 0.15) is 12.8 Å². The van der Waals surface area contributed by atoms with E-state index in [0.717, 1.165) is 0 Å². The number of nitrogens with zero attached hydrogens (tertiary/aromatic N) is 1. The second-order valence-electron chi connectivity index (χ2n) is 5.87. The first-order valence-electron chi connectivity index (χ1n) is 8.18. The Bertz CT molecular complexity index is 804. The number of carbonyl (C=O) groups excluding carboxylic acids is 3. The van der Waals surface area contributed by atoms with Gasteiger partial charge >= 0.3 is 12.0 Å². The average molecular weight is 418 g/mol. The minimum atomic E-state index is -3.66. The van der Waals surface area contributed by atoms with Gasteiger partial charge in [-0.3, -0.25) is 14.9 Å². The molecule has 11 heteroatoms. The Morgan fingerprint density at radius 2 is 1.78 bits per heavy atom. The first-order valence-corrected chi connectivity index (χ1v) is 9.99. The number of ether oxygens (including phenoxy) is 1. The van der Waals surface area contributed by atoms with E-state index in [4.69, 9.17) is 16.3 Å². The Hall–Kier alpha value is -2.17. The highest BCUT2D eigenvalue weighted by Gasteiger charge is 2.33. The number of piperidine rings is 1. The third kappa shape index (κ3) is 5.65. The van der Waals surface area contributed by atoms with Crippen LogP contribution in [0, 0.1) is 5.92 Å². The summed E-state index contributed by atoms with van der Waals surface area (Å²) < 4.78 is 31.4. The monoisotopic (exact) mass is 417 g/mol. The van der Waals surface area contributed by atoms with Gasteiger partial charge in [-0.1, -0.05) is 11.6 Å². The topological polar surface area (TPSA) is 122 Å². The normalized spacial score (nSPS) is 15.8. The molecule has 1 aliphatic heterocycles. The number of urea groups is 1. The molecule has 1 heterocycles. The van der Waals surface area contributed by atoms with Gasteiger partial charge in [0.15, 0.2) is 6.61 Å². The first-order chi connectivity index (χ1) is 12.7. The van der Waals surface area contributed by atoms with Crippen molar-refractivity contribution >= 4 is 39.5 Å². The zero-order chi connectivity index (χ0) is 20.0. The van der Waals surface area contributed by atoms with E-state index in [2.05, 4.69) is 5.32 Å². The number of carbonyl (C=O) groups is 3. The van der Waals surface area contributed by atoms with Crippen molar-refractivity contribution in [2.24, 2.45) is 5.92 Å². The van der Waals surface area contributed by atoms with Gasteiger partial charge in [-0.15, -0.1) is 0 Å². The summed E-state index contributed by atoms with van der Waals surface area (Å²) in [5.74, 6) is -1.84. The molecule has 1 aromatic rings. The number of sulfonamides is 1. The quantitative estimate of drug-likeness (QED) is 0.681. The lowest BCUT2D eigenvalue weighted by Gasteiger charge is -2.30. The van der Waals surface area contributed by atoms with E-state index in [-0.39, 0.29) is 30.8 Å². The van der Waals surface area contributed by atoms with Crippen LogP contribution in [0.25, 0.3) is 0 Å². The number of imide groups is 1. The molecule has 0 unspecified atom stereocenters. The fourth-order valence-electron chi connectivity index (χ4n) is 2.57. The van der Waals surface area contributed by atoms with Gasteiger partial charge in [0.25, 0.3) is 5.91 Å². The summed E-state index contributed by atoms with van der Waals surface area (Å²) in [4.78, 5) is 34.6. The highest BCUT2D eigenvalue weighted by atomic mass is 35.5. The van der Waals surface area contributed by atoms with Crippen molar-refractivity contribution in [2.45, 2.75) is 17.7 Å². The molecule has 0 bridgehead atoms. The van der Waals surface area contributed by atoms with Crippen LogP contribution in [0.4, 0.5) is 4.79 Å². The minimum absolute atomic E-state index is 0.138. The minimum Gasteiger partial charge on any atom is -0.455 e. The Balaban J connectivity index is 1.85. The second kappa shape index (κ2) is 9.16. The molecule has 0 atom stereocenters. The summed E-state index contributed by atoms with van der Waals surface area (Å²) in [6.45, 7) is -0.250. The van der Waals surface area contributed by atoms with E-state index in [1.165, 1.54) is 35.6 Å². The Kier molecular flexibility index (Phi) is 7.17. The maximum Gasteiger partial charge on any atom is 0.321 e. The molecular formula is C16H20ClN3O6S. The van der Waals surface area contributed by atoms with Crippen LogP contribution in [0.2, 0.25) is 5.02 Å². The standard InChI is InChI=1S/C16H20ClN3O6S/c1-18-16(23)19-14(21)10-26-15(22)11-6-8-20(9-7-11)27(24,25)13-4-2-12(17)3-5-13/h2-5,11H,6-10H2,1H3,(H2,18,19,21,23). The number of esters is 1. The van der Waals surface area contributed by atoms with Crippen molar-refractivity contribution in [1.29, 1.82) is 0 Å². The fourth-order valence-corrected chi connectivity index (χ4v) is 4.16. The maximum atomic E-state index is 12.6. The third-order valence-corrected chi connectivity index (χ3v) is 6.23. The number of benzene rings is 1. The zero-order valence-corrected chi connectivity index (χ0v) is 16.2. The number of hydrogen-bond donors (Lipinski definition) is 2. The van der Waals surface area contributed by atoms with Crippen LogP contribution in [0.3, 0.4) is 0 Å². The highest BCUT2D eigenvalue weighted by molar-refractivity contribution is 7.89. The SMILES string of the molecule is CNC(=O)NC(=O)COC(=O)C1CCN(S(=O)(=O)c2ccc(Cl)cc2)CC1. The van der Waals surface area contributed by atoms with E-state index in [9.17, 15) is 22.8 Å². The van der Waals surface area contributed by atoms with Gasteiger partial charge in [-0.2, -0.15) is 4.31 Å². The average Bonchev–Trinajstić information content (AvgIpc) is 2.66. The molecule has 9 nitrogen and oxygen atoms in total. The van der Waals surface area contributed by atoms with Crippen LogP contribution < -0.4 is 10.6 Å². The molecule has 3 amide bonds. The van der Waals surface area contributed by atoms with Gasteiger partial charge in [0.05, 0.1) is 10.8 Å². The number of hydrogen-bond acceptors (Lipinski definition) is 6. The maximum absolute atomic E-state index is 12.6. The Labute approximate surface area is 162 Å². The molecule has 0 spiro atoms. The lowest BCUT2D eigenvalue weighted by Crippen LogP contribution is -2.42. The molecule has 0 aliphatic carbocycles. The van der Waals surface area contributed by atoms with E-state index in [1.807, 2.05) is 5.32 Å². The van der Waals surface area contributed by atoms with Crippen molar-refractivity contribution in [2.75, 3.05) is 26.7 Å². The number of rotatable bonds is 5. The molecule has 1 aliphatic rings. The van der Waals surface area contributed by atoms with Gasteiger partial charge < -0.3 is 10.1 Å². The van der Waals surface area contributed by atoms with Crippen molar-refractivity contribution in [3.63, 3.8) is 0 Å².